The predicted octanol–water partition coefficient (Wildman–Crippen LogP) is 2.40. The second kappa shape index (κ2) is 4.14. The first-order valence-corrected chi connectivity index (χ1v) is 7.21. The summed E-state index contributed by atoms with van der Waals surface area (Å²) >= 11 is 0. The number of nitrogens with zero attached hydrogens (tertiary/aromatic N) is 1. The molecule has 20 heavy (non-hydrogen) atoms. The lowest BCUT2D eigenvalue weighted by atomic mass is 9.80. The second-order valence-electron chi connectivity index (χ2n) is 5.96. The predicted molar refractivity (Wildman–Crippen MR) is 77.2 cm³/mol. The molecule has 3 atom stereocenters. The van der Waals surface area contributed by atoms with E-state index in [0.29, 0.717) is 6.42 Å². The third kappa shape index (κ3) is 1.51. The number of nitrogens with two attached hydrogens (primary N) is 1. The number of hydrogen-bond donors (Lipinski definition) is 2. The van der Waals surface area contributed by atoms with Crippen LogP contribution in [0.3, 0.4) is 0 Å². The van der Waals surface area contributed by atoms with E-state index in [1.807, 2.05) is 36.5 Å². The summed E-state index contributed by atoms with van der Waals surface area (Å²) in [6, 6.07) is 12.0. The Balaban J connectivity index is 1.84. The molecule has 102 valence electrons. The molecule has 0 saturated heterocycles. The Kier molecular flexibility index (Phi) is 2.50. The van der Waals surface area contributed by atoms with E-state index in [1.165, 1.54) is 5.56 Å². The van der Waals surface area contributed by atoms with Crippen molar-refractivity contribution >= 4 is 0 Å². The van der Waals surface area contributed by atoms with Crippen molar-refractivity contribution in [3.05, 3.63) is 65.0 Å². The normalized spacial score (nSPS) is 31.1. The van der Waals surface area contributed by atoms with Gasteiger partial charge in [-0.3, -0.25) is 4.98 Å². The summed E-state index contributed by atoms with van der Waals surface area (Å²) in [6.07, 6.45) is 4.35. The third-order valence-electron chi connectivity index (χ3n) is 4.89. The van der Waals surface area contributed by atoms with Gasteiger partial charge in [-0.25, -0.2) is 0 Å². The van der Waals surface area contributed by atoms with E-state index < -0.39 is 5.60 Å². The molecule has 1 aromatic carbocycles. The van der Waals surface area contributed by atoms with Crippen molar-refractivity contribution in [2.75, 3.05) is 0 Å². The highest BCUT2D eigenvalue weighted by Gasteiger charge is 2.49. The fraction of sp³-hybridized carbons (Fsp3) is 0.353. The van der Waals surface area contributed by atoms with Gasteiger partial charge in [0.05, 0.1) is 0 Å². The second-order valence-corrected chi connectivity index (χ2v) is 5.96. The van der Waals surface area contributed by atoms with E-state index in [0.717, 1.165) is 29.7 Å². The van der Waals surface area contributed by atoms with Crippen molar-refractivity contribution in [1.82, 2.24) is 4.98 Å². The largest absolute Gasteiger partial charge is 0.384 e. The van der Waals surface area contributed by atoms with Crippen LogP contribution in [0.2, 0.25) is 0 Å². The lowest BCUT2D eigenvalue weighted by molar-refractivity contribution is 0.00375. The number of benzene rings is 1. The molecule has 0 saturated carbocycles. The average molecular weight is 266 g/mol. The van der Waals surface area contributed by atoms with Crippen LogP contribution in [0.5, 0.6) is 0 Å². The van der Waals surface area contributed by atoms with Crippen molar-refractivity contribution in [2.24, 2.45) is 5.73 Å². The highest BCUT2D eigenvalue weighted by Crippen LogP contribution is 2.53. The summed E-state index contributed by atoms with van der Waals surface area (Å²) in [5.74, 6) is 0.0633. The van der Waals surface area contributed by atoms with Crippen LogP contribution in [-0.4, -0.2) is 10.1 Å². The fourth-order valence-corrected chi connectivity index (χ4v) is 3.98. The Labute approximate surface area is 118 Å². The number of aromatic nitrogens is 1. The smallest absolute Gasteiger partial charge is 0.100 e. The maximum atomic E-state index is 11.3. The van der Waals surface area contributed by atoms with Gasteiger partial charge in [0.25, 0.3) is 0 Å². The standard InChI is InChI=1S/C17H18N2O/c18-15-10-17(20,13-6-2-1-5-12(13)15)14-8-7-11-4-3-9-19-16(11)14/h1-6,9,14-15,20H,7-8,10,18H2. The molecular weight excluding hydrogens is 248 g/mol. The summed E-state index contributed by atoms with van der Waals surface area (Å²) in [4.78, 5) is 4.53. The first kappa shape index (κ1) is 12.1. The first-order valence-electron chi connectivity index (χ1n) is 7.21. The maximum Gasteiger partial charge on any atom is 0.100 e. The summed E-state index contributed by atoms with van der Waals surface area (Å²) in [5, 5.41) is 11.3. The van der Waals surface area contributed by atoms with Gasteiger partial charge in [0.1, 0.15) is 5.60 Å². The van der Waals surface area contributed by atoms with Crippen molar-refractivity contribution < 1.29 is 5.11 Å². The van der Waals surface area contributed by atoms with Gasteiger partial charge in [-0.1, -0.05) is 30.3 Å². The Morgan fingerprint density at radius 3 is 2.95 bits per heavy atom. The van der Waals surface area contributed by atoms with Crippen molar-refractivity contribution in [1.29, 1.82) is 0 Å². The number of rotatable bonds is 1. The highest BCUT2D eigenvalue weighted by atomic mass is 16.3. The molecule has 0 spiro atoms. The molecule has 1 aromatic heterocycles. The minimum atomic E-state index is -0.865. The molecule has 0 aliphatic heterocycles. The van der Waals surface area contributed by atoms with E-state index in [9.17, 15) is 5.11 Å². The number of aliphatic hydroxyl groups is 1. The molecule has 3 N–H and O–H groups in total. The van der Waals surface area contributed by atoms with Crippen LogP contribution in [0.15, 0.2) is 42.6 Å². The third-order valence-corrected chi connectivity index (χ3v) is 4.89. The van der Waals surface area contributed by atoms with E-state index in [4.69, 9.17) is 5.73 Å². The summed E-state index contributed by atoms with van der Waals surface area (Å²) in [7, 11) is 0. The molecular formula is C17H18N2O. The molecule has 3 nitrogen and oxygen atoms in total. The van der Waals surface area contributed by atoms with Crippen LogP contribution in [-0.2, 0) is 12.0 Å². The zero-order valence-corrected chi connectivity index (χ0v) is 11.3. The Hall–Kier alpha value is -1.71. The monoisotopic (exact) mass is 266 g/mol. The van der Waals surface area contributed by atoms with E-state index in [-0.39, 0.29) is 12.0 Å². The number of hydrogen-bond acceptors (Lipinski definition) is 3. The molecule has 4 rings (SSSR count). The highest BCUT2D eigenvalue weighted by molar-refractivity contribution is 5.44. The van der Waals surface area contributed by atoms with Gasteiger partial charge in [-0.15, -0.1) is 0 Å². The summed E-state index contributed by atoms with van der Waals surface area (Å²) in [5.41, 5.74) is 9.76. The summed E-state index contributed by atoms with van der Waals surface area (Å²) in [6.45, 7) is 0. The Morgan fingerprint density at radius 1 is 1.20 bits per heavy atom. The molecule has 0 radical (unpaired) electrons. The maximum absolute atomic E-state index is 11.3. The number of fused-ring (bicyclic) bond motifs is 2. The van der Waals surface area contributed by atoms with Gasteiger partial charge < -0.3 is 10.8 Å². The van der Waals surface area contributed by atoms with Crippen LogP contribution in [0, 0.1) is 0 Å². The van der Waals surface area contributed by atoms with Gasteiger partial charge in [0.15, 0.2) is 0 Å². The zero-order valence-electron chi connectivity index (χ0n) is 11.3. The van der Waals surface area contributed by atoms with Crippen molar-refractivity contribution in [3.63, 3.8) is 0 Å². The minimum absolute atomic E-state index is 0.0633. The Morgan fingerprint density at radius 2 is 2.05 bits per heavy atom. The zero-order chi connectivity index (χ0) is 13.7. The van der Waals surface area contributed by atoms with Crippen LogP contribution < -0.4 is 5.73 Å². The molecule has 2 aromatic rings. The molecule has 3 heteroatoms. The topological polar surface area (TPSA) is 59.1 Å². The SMILES string of the molecule is NC1CC(O)(C2CCc3cccnc32)c2ccccc21. The fourth-order valence-electron chi connectivity index (χ4n) is 3.98. The van der Waals surface area contributed by atoms with Crippen LogP contribution >= 0.6 is 0 Å². The van der Waals surface area contributed by atoms with Crippen molar-refractivity contribution in [3.8, 4) is 0 Å². The van der Waals surface area contributed by atoms with Crippen LogP contribution in [0.25, 0.3) is 0 Å². The van der Waals surface area contributed by atoms with Gasteiger partial charge in [-0.05, 0) is 35.6 Å². The lowest BCUT2D eigenvalue weighted by Gasteiger charge is -2.31. The van der Waals surface area contributed by atoms with Crippen LogP contribution in [0.4, 0.5) is 0 Å². The van der Waals surface area contributed by atoms with Gasteiger partial charge in [0.2, 0.25) is 0 Å². The minimum Gasteiger partial charge on any atom is -0.384 e. The molecule has 0 amide bonds. The van der Waals surface area contributed by atoms with Crippen LogP contribution in [0.1, 0.15) is 47.2 Å². The lowest BCUT2D eigenvalue weighted by Crippen LogP contribution is -2.31. The molecule has 1 heterocycles. The molecule has 3 unspecified atom stereocenters. The molecule has 2 aliphatic rings. The van der Waals surface area contributed by atoms with Gasteiger partial charge in [-0.2, -0.15) is 0 Å². The average Bonchev–Trinajstić information content (AvgIpc) is 3.01. The quantitative estimate of drug-likeness (QED) is 0.833. The number of aryl methyl sites for hydroxylation is 1. The molecule has 0 bridgehead atoms. The molecule has 2 aliphatic carbocycles. The van der Waals surface area contributed by atoms with E-state index >= 15 is 0 Å². The van der Waals surface area contributed by atoms with Gasteiger partial charge >= 0.3 is 0 Å². The molecule has 0 fully saturated rings. The van der Waals surface area contributed by atoms with Gasteiger partial charge in [0, 0.05) is 30.3 Å². The first-order chi connectivity index (χ1) is 9.70. The summed E-state index contributed by atoms with van der Waals surface area (Å²) < 4.78 is 0. The number of pyridine rings is 1. The van der Waals surface area contributed by atoms with E-state index in [1.54, 1.807) is 0 Å². The van der Waals surface area contributed by atoms with E-state index in [2.05, 4.69) is 11.1 Å². The Bertz CT molecular complexity index is 670. The van der Waals surface area contributed by atoms with Crippen molar-refractivity contribution in [2.45, 2.75) is 36.8 Å².